The first-order chi connectivity index (χ1) is 11.0. The summed E-state index contributed by atoms with van der Waals surface area (Å²) in [6, 6.07) is 6.55. The van der Waals surface area contributed by atoms with Gasteiger partial charge in [0.1, 0.15) is 5.82 Å². The van der Waals surface area contributed by atoms with Crippen molar-refractivity contribution in [3.05, 3.63) is 30.1 Å². The van der Waals surface area contributed by atoms with Gasteiger partial charge in [-0.1, -0.05) is 13.8 Å². The van der Waals surface area contributed by atoms with E-state index in [0.29, 0.717) is 25.3 Å². The second kappa shape index (κ2) is 9.41. The number of benzene rings is 1. The van der Waals surface area contributed by atoms with E-state index in [1.807, 2.05) is 18.7 Å². The number of hydrogen-bond acceptors (Lipinski definition) is 3. The number of anilines is 1. The van der Waals surface area contributed by atoms with E-state index in [-0.39, 0.29) is 29.8 Å². The number of rotatable bonds is 5. The van der Waals surface area contributed by atoms with E-state index in [9.17, 15) is 9.50 Å². The average molecular weight is 450 g/mol. The van der Waals surface area contributed by atoms with E-state index < -0.39 is 5.60 Å². The third-order valence-electron chi connectivity index (χ3n) is 4.65. The molecule has 7 heteroatoms. The van der Waals surface area contributed by atoms with E-state index >= 15 is 0 Å². The first-order valence-electron chi connectivity index (χ1n) is 8.25. The van der Waals surface area contributed by atoms with Gasteiger partial charge in [-0.05, 0) is 37.1 Å². The van der Waals surface area contributed by atoms with Crippen LogP contribution in [0.25, 0.3) is 0 Å². The van der Waals surface area contributed by atoms with Crippen LogP contribution in [0.2, 0.25) is 0 Å². The minimum atomic E-state index is -0.763. The number of halogens is 2. The molecular formula is C17H28FIN4O. The Morgan fingerprint density at radius 1 is 1.17 bits per heavy atom. The van der Waals surface area contributed by atoms with Crippen LogP contribution in [0.5, 0.6) is 0 Å². The lowest BCUT2D eigenvalue weighted by Gasteiger charge is -2.37. The smallest absolute Gasteiger partial charge is 0.191 e. The molecule has 1 aromatic carbocycles. The fourth-order valence-corrected chi connectivity index (χ4v) is 2.65. The van der Waals surface area contributed by atoms with E-state index in [2.05, 4.69) is 9.89 Å². The first-order valence-corrected chi connectivity index (χ1v) is 8.25. The molecule has 0 atom stereocenters. The van der Waals surface area contributed by atoms with Gasteiger partial charge in [0.25, 0.3) is 0 Å². The summed E-state index contributed by atoms with van der Waals surface area (Å²) in [6.45, 7) is 7.41. The largest absolute Gasteiger partial charge is 0.388 e. The predicted molar refractivity (Wildman–Crippen MR) is 108 cm³/mol. The first kappa shape index (κ1) is 21.0. The summed E-state index contributed by atoms with van der Waals surface area (Å²) in [7, 11) is 0. The van der Waals surface area contributed by atoms with Gasteiger partial charge in [0.05, 0.1) is 12.1 Å². The zero-order chi connectivity index (χ0) is 16.9. The molecule has 0 saturated carbocycles. The Morgan fingerprint density at radius 3 is 2.21 bits per heavy atom. The monoisotopic (exact) mass is 450 g/mol. The van der Waals surface area contributed by atoms with Crippen molar-refractivity contribution in [2.24, 2.45) is 10.7 Å². The second-order valence-electron chi connectivity index (χ2n) is 6.06. The fraction of sp³-hybridized carbons (Fsp3) is 0.588. The number of guanidine groups is 1. The van der Waals surface area contributed by atoms with Crippen LogP contribution in [0.15, 0.2) is 29.3 Å². The molecule has 136 valence electrons. The van der Waals surface area contributed by atoms with Crippen LogP contribution >= 0.6 is 24.0 Å². The molecule has 0 bridgehead atoms. The molecule has 1 heterocycles. The normalized spacial score (nSPS) is 16.1. The van der Waals surface area contributed by atoms with Crippen LogP contribution < -0.4 is 10.6 Å². The molecule has 2 rings (SSSR count). The summed E-state index contributed by atoms with van der Waals surface area (Å²) in [4.78, 5) is 8.61. The number of nitrogens with two attached hydrogens (primary N) is 1. The van der Waals surface area contributed by atoms with Crippen molar-refractivity contribution in [1.82, 2.24) is 4.90 Å². The number of piperazine rings is 1. The molecule has 1 fully saturated rings. The van der Waals surface area contributed by atoms with Crippen molar-refractivity contribution < 1.29 is 9.50 Å². The molecule has 0 unspecified atom stereocenters. The van der Waals surface area contributed by atoms with Gasteiger partial charge in [0.15, 0.2) is 5.96 Å². The van der Waals surface area contributed by atoms with Crippen molar-refractivity contribution in [2.45, 2.75) is 32.3 Å². The third kappa shape index (κ3) is 5.47. The van der Waals surface area contributed by atoms with Crippen molar-refractivity contribution in [1.29, 1.82) is 0 Å². The summed E-state index contributed by atoms with van der Waals surface area (Å²) in [5.74, 6) is 0.271. The summed E-state index contributed by atoms with van der Waals surface area (Å²) in [5, 5.41) is 10.3. The minimum Gasteiger partial charge on any atom is -0.388 e. The van der Waals surface area contributed by atoms with Gasteiger partial charge >= 0.3 is 0 Å². The molecular weight excluding hydrogens is 422 g/mol. The molecule has 0 radical (unpaired) electrons. The predicted octanol–water partition coefficient (Wildman–Crippen LogP) is 2.43. The zero-order valence-electron chi connectivity index (χ0n) is 14.4. The van der Waals surface area contributed by atoms with E-state index in [4.69, 9.17) is 5.73 Å². The molecule has 0 aromatic heterocycles. The number of aliphatic hydroxyl groups is 1. The van der Waals surface area contributed by atoms with Crippen LogP contribution in [0.4, 0.5) is 10.1 Å². The van der Waals surface area contributed by atoms with Gasteiger partial charge in [0, 0.05) is 31.9 Å². The van der Waals surface area contributed by atoms with E-state index in [0.717, 1.165) is 31.9 Å². The maximum absolute atomic E-state index is 13.0. The van der Waals surface area contributed by atoms with Gasteiger partial charge in [-0.3, -0.25) is 4.99 Å². The highest BCUT2D eigenvalue weighted by molar-refractivity contribution is 14.0. The molecule has 0 amide bonds. The summed E-state index contributed by atoms with van der Waals surface area (Å²) in [6.07, 6.45) is 1.33. The van der Waals surface area contributed by atoms with Crippen LogP contribution in [-0.4, -0.2) is 54.3 Å². The van der Waals surface area contributed by atoms with Crippen molar-refractivity contribution >= 4 is 35.6 Å². The van der Waals surface area contributed by atoms with E-state index in [1.165, 1.54) is 12.1 Å². The SMILES string of the molecule is CCC(O)(CC)CN=C(N)N1CCN(c2ccc(F)cc2)CC1.I. The summed E-state index contributed by atoms with van der Waals surface area (Å²) in [5.41, 5.74) is 6.32. The lowest BCUT2D eigenvalue weighted by molar-refractivity contribution is 0.0416. The molecule has 1 aliphatic heterocycles. The molecule has 0 aliphatic carbocycles. The topological polar surface area (TPSA) is 65.1 Å². The highest BCUT2D eigenvalue weighted by Gasteiger charge is 2.23. The van der Waals surface area contributed by atoms with Crippen molar-refractivity contribution in [2.75, 3.05) is 37.6 Å². The van der Waals surface area contributed by atoms with Gasteiger partial charge in [-0.25, -0.2) is 4.39 Å². The molecule has 1 saturated heterocycles. The Kier molecular flexibility index (Phi) is 8.21. The Bertz CT molecular complexity index is 526. The van der Waals surface area contributed by atoms with Crippen LogP contribution in [0.3, 0.4) is 0 Å². The molecule has 24 heavy (non-hydrogen) atoms. The Morgan fingerprint density at radius 2 is 1.71 bits per heavy atom. The zero-order valence-corrected chi connectivity index (χ0v) is 16.7. The van der Waals surface area contributed by atoms with Crippen LogP contribution in [0.1, 0.15) is 26.7 Å². The highest BCUT2D eigenvalue weighted by atomic mass is 127. The van der Waals surface area contributed by atoms with Crippen LogP contribution in [-0.2, 0) is 0 Å². The molecule has 1 aromatic rings. The Balaban J connectivity index is 0.00000288. The second-order valence-corrected chi connectivity index (χ2v) is 6.06. The van der Waals surface area contributed by atoms with Gasteiger partial charge in [0.2, 0.25) is 0 Å². The lowest BCUT2D eigenvalue weighted by atomic mass is 9.98. The van der Waals surface area contributed by atoms with Crippen molar-refractivity contribution in [3.63, 3.8) is 0 Å². The Hall–Kier alpha value is -1.09. The van der Waals surface area contributed by atoms with Gasteiger partial charge in [-0.2, -0.15) is 0 Å². The molecule has 3 N–H and O–H groups in total. The summed E-state index contributed by atoms with van der Waals surface area (Å²) >= 11 is 0. The lowest BCUT2D eigenvalue weighted by Crippen LogP contribution is -2.51. The number of hydrogen-bond donors (Lipinski definition) is 2. The summed E-state index contributed by atoms with van der Waals surface area (Å²) < 4.78 is 13.0. The van der Waals surface area contributed by atoms with Crippen LogP contribution in [0, 0.1) is 5.82 Å². The number of aliphatic imine (C=N–C) groups is 1. The average Bonchev–Trinajstić information content (AvgIpc) is 2.60. The number of nitrogens with zero attached hydrogens (tertiary/aromatic N) is 3. The van der Waals surface area contributed by atoms with E-state index in [1.54, 1.807) is 12.1 Å². The van der Waals surface area contributed by atoms with Gasteiger partial charge < -0.3 is 20.6 Å². The molecule has 5 nitrogen and oxygen atoms in total. The molecule has 0 spiro atoms. The fourth-order valence-electron chi connectivity index (χ4n) is 2.65. The highest BCUT2D eigenvalue weighted by Crippen LogP contribution is 2.17. The van der Waals surface area contributed by atoms with Gasteiger partial charge in [-0.15, -0.1) is 24.0 Å². The third-order valence-corrected chi connectivity index (χ3v) is 4.65. The Labute approximate surface area is 160 Å². The minimum absolute atomic E-state index is 0. The molecule has 1 aliphatic rings. The quantitative estimate of drug-likeness (QED) is 0.411. The standard InChI is InChI=1S/C17H27FN4O.HI/c1-3-17(23,4-2)13-20-16(19)22-11-9-21(10-12-22)15-7-5-14(18)6-8-15;/h5-8,23H,3-4,9-13H2,1-2H3,(H2,19,20);1H. The maximum atomic E-state index is 13.0. The van der Waals surface area contributed by atoms with Crippen molar-refractivity contribution in [3.8, 4) is 0 Å². The maximum Gasteiger partial charge on any atom is 0.191 e.